The summed E-state index contributed by atoms with van der Waals surface area (Å²) in [5.41, 5.74) is 3.70. The summed E-state index contributed by atoms with van der Waals surface area (Å²) >= 11 is 0. The number of hydrogen-bond acceptors (Lipinski definition) is 0. The summed E-state index contributed by atoms with van der Waals surface area (Å²) in [4.78, 5) is 0. The van der Waals surface area contributed by atoms with Crippen molar-refractivity contribution >= 4 is 8.80 Å². The van der Waals surface area contributed by atoms with Crippen LogP contribution in [0, 0.1) is 17.7 Å². The fourth-order valence-electron chi connectivity index (χ4n) is 6.05. The zero-order chi connectivity index (χ0) is 20.8. The second kappa shape index (κ2) is 10.8. The SMILES string of the molecule is CCCCC[Si]1CCC(C2CCC(c3cc(F)ccc3-c3ccccc3)CC2)CC1. The molecule has 30 heavy (non-hydrogen) atoms. The molecule has 2 aromatic rings. The van der Waals surface area contributed by atoms with E-state index < -0.39 is 0 Å². The first-order valence-electron chi connectivity index (χ1n) is 12.4. The van der Waals surface area contributed by atoms with E-state index in [1.165, 1.54) is 74.5 Å². The molecule has 0 unspecified atom stereocenters. The second-order valence-electron chi connectivity index (χ2n) is 9.75. The lowest BCUT2D eigenvalue weighted by Crippen LogP contribution is -2.28. The van der Waals surface area contributed by atoms with Gasteiger partial charge in [0.2, 0.25) is 0 Å². The van der Waals surface area contributed by atoms with E-state index in [0.717, 1.165) is 11.8 Å². The first kappa shape index (κ1) is 21.8. The summed E-state index contributed by atoms with van der Waals surface area (Å²) in [7, 11) is -0.0262. The molecule has 0 aromatic heterocycles. The van der Waals surface area contributed by atoms with E-state index in [2.05, 4.69) is 37.3 Å². The maximum absolute atomic E-state index is 14.1. The topological polar surface area (TPSA) is 0 Å². The lowest BCUT2D eigenvalue weighted by molar-refractivity contribution is 0.216. The van der Waals surface area contributed by atoms with Crippen molar-refractivity contribution in [1.82, 2.24) is 0 Å². The Kier molecular flexibility index (Phi) is 7.81. The molecule has 2 heteroatoms. The maximum atomic E-state index is 14.1. The van der Waals surface area contributed by atoms with Gasteiger partial charge in [0.05, 0.1) is 0 Å². The molecule has 2 aromatic carbocycles. The third-order valence-electron chi connectivity index (χ3n) is 7.85. The molecule has 0 nitrogen and oxygen atoms in total. The molecule has 4 rings (SSSR count). The smallest absolute Gasteiger partial charge is 0.123 e. The molecule has 2 aliphatic rings. The predicted octanol–water partition coefficient (Wildman–Crippen LogP) is 8.86. The van der Waals surface area contributed by atoms with Gasteiger partial charge in [-0.25, -0.2) is 4.39 Å². The summed E-state index contributed by atoms with van der Waals surface area (Å²) in [5.74, 6) is 2.34. The highest BCUT2D eigenvalue weighted by molar-refractivity contribution is 6.58. The summed E-state index contributed by atoms with van der Waals surface area (Å²) in [6, 6.07) is 20.7. The van der Waals surface area contributed by atoms with E-state index in [-0.39, 0.29) is 14.6 Å². The third-order valence-corrected chi connectivity index (χ3v) is 10.9. The Balaban J connectivity index is 1.34. The average molecular weight is 422 g/mol. The highest BCUT2D eigenvalue weighted by atomic mass is 28.3. The maximum Gasteiger partial charge on any atom is 0.123 e. The van der Waals surface area contributed by atoms with E-state index in [4.69, 9.17) is 0 Å². The highest BCUT2D eigenvalue weighted by Crippen LogP contribution is 2.45. The van der Waals surface area contributed by atoms with Gasteiger partial charge in [0.1, 0.15) is 5.82 Å². The quantitative estimate of drug-likeness (QED) is 0.309. The normalized spacial score (nSPS) is 23.5. The van der Waals surface area contributed by atoms with Gasteiger partial charge in [0.25, 0.3) is 0 Å². The van der Waals surface area contributed by atoms with Crippen LogP contribution in [0.3, 0.4) is 0 Å². The zero-order valence-corrected chi connectivity index (χ0v) is 19.7. The van der Waals surface area contributed by atoms with Gasteiger partial charge in [-0.05, 0) is 72.3 Å². The van der Waals surface area contributed by atoms with Crippen LogP contribution in [0.15, 0.2) is 48.5 Å². The van der Waals surface area contributed by atoms with Gasteiger partial charge in [0.15, 0.2) is 0 Å². The molecule has 1 radical (unpaired) electrons. The first-order chi connectivity index (χ1) is 14.7. The minimum Gasteiger partial charge on any atom is -0.207 e. The third kappa shape index (κ3) is 5.44. The Morgan fingerprint density at radius 3 is 2.23 bits per heavy atom. The van der Waals surface area contributed by atoms with Gasteiger partial charge in [-0.3, -0.25) is 0 Å². The number of rotatable bonds is 7. The lowest BCUT2D eigenvalue weighted by Gasteiger charge is -2.38. The lowest BCUT2D eigenvalue weighted by atomic mass is 9.71. The van der Waals surface area contributed by atoms with E-state index in [1.54, 1.807) is 24.2 Å². The van der Waals surface area contributed by atoms with Gasteiger partial charge in [-0.15, -0.1) is 0 Å². The number of halogens is 1. The van der Waals surface area contributed by atoms with Gasteiger partial charge in [0, 0.05) is 8.80 Å². The summed E-state index contributed by atoms with van der Waals surface area (Å²) in [6.07, 6.45) is 12.5. The van der Waals surface area contributed by atoms with Crippen LogP contribution < -0.4 is 0 Å². The Morgan fingerprint density at radius 1 is 0.833 bits per heavy atom. The van der Waals surface area contributed by atoms with Crippen molar-refractivity contribution in [2.75, 3.05) is 0 Å². The molecular weight excluding hydrogens is 383 g/mol. The van der Waals surface area contributed by atoms with Crippen molar-refractivity contribution in [3.63, 3.8) is 0 Å². The van der Waals surface area contributed by atoms with Crippen molar-refractivity contribution in [2.45, 2.75) is 88.8 Å². The molecule has 1 saturated carbocycles. The Hall–Kier alpha value is -1.41. The average Bonchev–Trinajstić information content (AvgIpc) is 2.80. The summed E-state index contributed by atoms with van der Waals surface area (Å²) < 4.78 is 14.1. The molecule has 0 amide bonds. The van der Waals surface area contributed by atoms with Crippen molar-refractivity contribution in [3.8, 4) is 11.1 Å². The number of benzene rings is 2. The molecule has 1 heterocycles. The molecule has 0 spiro atoms. The van der Waals surface area contributed by atoms with Gasteiger partial charge in [-0.1, -0.05) is 93.6 Å². The van der Waals surface area contributed by atoms with Crippen LogP contribution >= 0.6 is 0 Å². The Bertz CT molecular complexity index is 770. The van der Waals surface area contributed by atoms with Gasteiger partial charge < -0.3 is 0 Å². The summed E-state index contributed by atoms with van der Waals surface area (Å²) in [6.45, 7) is 2.32. The van der Waals surface area contributed by atoms with Crippen LogP contribution in [0.2, 0.25) is 18.1 Å². The fraction of sp³-hybridized carbons (Fsp3) is 0.571. The van der Waals surface area contributed by atoms with Crippen LogP contribution in [-0.4, -0.2) is 8.80 Å². The highest BCUT2D eigenvalue weighted by Gasteiger charge is 2.32. The number of hydrogen-bond donors (Lipinski definition) is 0. The predicted molar refractivity (Wildman–Crippen MR) is 129 cm³/mol. The van der Waals surface area contributed by atoms with E-state index in [1.807, 2.05) is 12.1 Å². The Labute approximate surface area is 184 Å². The molecular formula is C28H38FSi. The second-order valence-corrected chi connectivity index (χ2v) is 12.8. The van der Waals surface area contributed by atoms with Crippen molar-refractivity contribution in [3.05, 3.63) is 59.9 Å². The van der Waals surface area contributed by atoms with E-state index in [9.17, 15) is 4.39 Å². The van der Waals surface area contributed by atoms with Crippen molar-refractivity contribution in [2.24, 2.45) is 11.8 Å². The molecule has 1 saturated heterocycles. The first-order valence-corrected chi connectivity index (χ1v) is 14.5. The minimum atomic E-state index is -0.0863. The van der Waals surface area contributed by atoms with Crippen LogP contribution in [0.5, 0.6) is 0 Å². The van der Waals surface area contributed by atoms with E-state index in [0.29, 0.717) is 5.92 Å². The zero-order valence-electron chi connectivity index (χ0n) is 18.7. The molecule has 1 aliphatic heterocycles. The largest absolute Gasteiger partial charge is 0.207 e. The van der Waals surface area contributed by atoms with Crippen molar-refractivity contribution < 1.29 is 4.39 Å². The van der Waals surface area contributed by atoms with Crippen LogP contribution in [0.25, 0.3) is 11.1 Å². The number of unbranched alkanes of at least 4 members (excludes halogenated alkanes) is 2. The van der Waals surface area contributed by atoms with Gasteiger partial charge in [-0.2, -0.15) is 0 Å². The molecule has 2 fully saturated rings. The Morgan fingerprint density at radius 2 is 1.53 bits per heavy atom. The van der Waals surface area contributed by atoms with Crippen molar-refractivity contribution in [1.29, 1.82) is 0 Å². The molecule has 0 N–H and O–H groups in total. The van der Waals surface area contributed by atoms with Crippen LogP contribution in [0.4, 0.5) is 4.39 Å². The van der Waals surface area contributed by atoms with Crippen LogP contribution in [0.1, 0.15) is 76.2 Å². The minimum absolute atomic E-state index is 0.0262. The standard InChI is InChI=1S/C28H38FSi/c1-2-3-7-18-30-19-16-23(17-20-30)22-10-12-25(13-11-22)28-21-26(29)14-15-27(28)24-8-5-4-6-9-24/h4-6,8-9,14-15,21-23,25H,2-3,7,10-13,16-20H2,1H3. The molecule has 161 valence electrons. The molecule has 0 bridgehead atoms. The van der Waals surface area contributed by atoms with E-state index >= 15 is 0 Å². The monoisotopic (exact) mass is 421 g/mol. The fourth-order valence-corrected chi connectivity index (χ4v) is 9.11. The van der Waals surface area contributed by atoms with Gasteiger partial charge >= 0.3 is 0 Å². The van der Waals surface area contributed by atoms with Crippen LogP contribution in [-0.2, 0) is 0 Å². The molecule has 0 atom stereocenters. The summed E-state index contributed by atoms with van der Waals surface area (Å²) in [5, 5.41) is 0. The molecule has 1 aliphatic carbocycles.